The minimum atomic E-state index is -0.190. The standard InChI is InChI=1S/C16H14O2/c1-11-8-9-13-14(10-11)15(17)7-5-3-4-6-12(2)16(13)18/h3-6,8-10H,2,7H2,1H3/b5-3-,6-4-. The number of aryl methyl sites for hydroxylation is 1. The van der Waals surface area contributed by atoms with Crippen molar-refractivity contribution in [3.05, 3.63) is 71.3 Å². The second-order valence-corrected chi connectivity index (χ2v) is 4.32. The SMILES string of the molecule is C=C1/C=C\C=C/CC(=O)c2cc(C)ccc2C1=O. The van der Waals surface area contributed by atoms with Crippen LogP contribution in [0.1, 0.15) is 32.7 Å². The molecule has 0 unspecified atom stereocenters. The Morgan fingerprint density at radius 2 is 1.89 bits per heavy atom. The first kappa shape index (κ1) is 12.2. The van der Waals surface area contributed by atoms with E-state index in [0.717, 1.165) is 5.56 Å². The molecule has 1 aromatic rings. The number of allylic oxidation sites excluding steroid dienone is 5. The number of benzene rings is 1. The van der Waals surface area contributed by atoms with Crippen LogP contribution >= 0.6 is 0 Å². The third-order valence-electron chi connectivity index (χ3n) is 2.86. The van der Waals surface area contributed by atoms with Gasteiger partial charge in [-0.2, -0.15) is 0 Å². The summed E-state index contributed by atoms with van der Waals surface area (Å²) in [6.45, 7) is 5.64. The van der Waals surface area contributed by atoms with Crippen LogP contribution in [0, 0.1) is 6.92 Å². The average molecular weight is 238 g/mol. The van der Waals surface area contributed by atoms with Crippen LogP contribution in [0.3, 0.4) is 0 Å². The van der Waals surface area contributed by atoms with Crippen molar-refractivity contribution in [2.75, 3.05) is 0 Å². The van der Waals surface area contributed by atoms with Gasteiger partial charge in [0, 0.05) is 23.1 Å². The Balaban J connectivity index is 2.61. The van der Waals surface area contributed by atoms with Crippen LogP contribution in [-0.2, 0) is 0 Å². The van der Waals surface area contributed by atoms with Crippen LogP contribution in [0.5, 0.6) is 0 Å². The van der Waals surface area contributed by atoms with Gasteiger partial charge in [0.25, 0.3) is 0 Å². The van der Waals surface area contributed by atoms with Gasteiger partial charge in [-0.15, -0.1) is 0 Å². The van der Waals surface area contributed by atoms with E-state index in [1.807, 2.05) is 13.0 Å². The summed E-state index contributed by atoms with van der Waals surface area (Å²) >= 11 is 0. The molecule has 1 aromatic carbocycles. The number of carbonyl (C=O) groups is 2. The Labute approximate surface area is 106 Å². The zero-order valence-electron chi connectivity index (χ0n) is 10.3. The van der Waals surface area contributed by atoms with Crippen molar-refractivity contribution in [3.63, 3.8) is 0 Å². The highest BCUT2D eigenvalue weighted by molar-refractivity contribution is 6.16. The number of hydrogen-bond donors (Lipinski definition) is 0. The molecule has 90 valence electrons. The molecule has 0 atom stereocenters. The van der Waals surface area contributed by atoms with E-state index in [9.17, 15) is 9.59 Å². The third kappa shape index (κ3) is 2.38. The highest BCUT2D eigenvalue weighted by Gasteiger charge is 2.17. The lowest BCUT2D eigenvalue weighted by Crippen LogP contribution is -2.10. The van der Waals surface area contributed by atoms with Gasteiger partial charge in [-0.25, -0.2) is 0 Å². The van der Waals surface area contributed by atoms with Gasteiger partial charge in [0.05, 0.1) is 0 Å². The van der Waals surface area contributed by atoms with Crippen LogP contribution in [0.4, 0.5) is 0 Å². The van der Waals surface area contributed by atoms with Crippen molar-refractivity contribution in [1.82, 2.24) is 0 Å². The van der Waals surface area contributed by atoms with Crippen molar-refractivity contribution in [2.45, 2.75) is 13.3 Å². The highest BCUT2D eigenvalue weighted by Crippen LogP contribution is 2.19. The highest BCUT2D eigenvalue weighted by atomic mass is 16.1. The van der Waals surface area contributed by atoms with E-state index in [4.69, 9.17) is 0 Å². The summed E-state index contributed by atoms with van der Waals surface area (Å²) in [6.07, 6.45) is 7.25. The lowest BCUT2D eigenvalue weighted by Gasteiger charge is -2.09. The van der Waals surface area contributed by atoms with E-state index >= 15 is 0 Å². The number of fused-ring (bicyclic) bond motifs is 1. The molecule has 0 radical (unpaired) electrons. The smallest absolute Gasteiger partial charge is 0.193 e. The summed E-state index contributed by atoms with van der Waals surface area (Å²) in [5, 5.41) is 0. The van der Waals surface area contributed by atoms with E-state index in [1.54, 1.807) is 36.4 Å². The van der Waals surface area contributed by atoms with E-state index in [1.165, 1.54) is 0 Å². The summed E-state index contributed by atoms with van der Waals surface area (Å²) in [5.41, 5.74) is 2.29. The molecular weight excluding hydrogens is 224 g/mol. The van der Waals surface area contributed by atoms with Gasteiger partial charge in [0.15, 0.2) is 11.6 Å². The largest absolute Gasteiger partial charge is 0.294 e. The normalized spacial score (nSPS) is 19.3. The van der Waals surface area contributed by atoms with Crippen molar-refractivity contribution in [2.24, 2.45) is 0 Å². The molecule has 0 heterocycles. The van der Waals surface area contributed by atoms with E-state index in [-0.39, 0.29) is 11.6 Å². The Morgan fingerprint density at radius 1 is 1.11 bits per heavy atom. The number of carbonyl (C=O) groups excluding carboxylic acids is 2. The monoisotopic (exact) mass is 238 g/mol. The molecule has 18 heavy (non-hydrogen) atoms. The lowest BCUT2D eigenvalue weighted by molar-refractivity contribution is 0.0977. The fraction of sp³-hybridized carbons (Fsp3) is 0.125. The first-order chi connectivity index (χ1) is 8.59. The molecule has 0 spiro atoms. The molecule has 0 fully saturated rings. The van der Waals surface area contributed by atoms with Gasteiger partial charge in [0.2, 0.25) is 0 Å². The molecule has 0 bridgehead atoms. The Morgan fingerprint density at radius 3 is 2.67 bits per heavy atom. The third-order valence-corrected chi connectivity index (χ3v) is 2.86. The summed E-state index contributed by atoms with van der Waals surface area (Å²) in [5.74, 6) is -0.230. The molecule has 0 N–H and O–H groups in total. The van der Waals surface area contributed by atoms with E-state index in [0.29, 0.717) is 23.1 Å². The first-order valence-corrected chi connectivity index (χ1v) is 5.80. The zero-order chi connectivity index (χ0) is 13.1. The quantitative estimate of drug-likeness (QED) is 0.649. The number of ketones is 2. The molecule has 1 aliphatic carbocycles. The summed E-state index contributed by atoms with van der Waals surface area (Å²) in [7, 11) is 0. The summed E-state index contributed by atoms with van der Waals surface area (Å²) in [4.78, 5) is 24.3. The maximum Gasteiger partial charge on any atom is 0.193 e. The molecule has 0 aliphatic heterocycles. The van der Waals surface area contributed by atoms with Crippen molar-refractivity contribution in [1.29, 1.82) is 0 Å². The van der Waals surface area contributed by atoms with Crippen molar-refractivity contribution < 1.29 is 9.59 Å². The molecule has 2 nitrogen and oxygen atoms in total. The lowest BCUT2D eigenvalue weighted by atomic mass is 9.93. The average Bonchev–Trinajstić information content (AvgIpc) is 2.36. The van der Waals surface area contributed by atoms with Crippen LogP contribution in [0.2, 0.25) is 0 Å². The minimum Gasteiger partial charge on any atom is -0.294 e. The molecule has 0 aromatic heterocycles. The van der Waals surface area contributed by atoms with Gasteiger partial charge in [0.1, 0.15) is 0 Å². The molecule has 1 aliphatic rings. The number of Topliss-reactive ketones (excluding diaryl/α,β-unsaturated/α-hetero) is 2. The Hall–Kier alpha value is -2.22. The first-order valence-electron chi connectivity index (χ1n) is 5.80. The van der Waals surface area contributed by atoms with Crippen LogP contribution in [0.25, 0.3) is 0 Å². The van der Waals surface area contributed by atoms with Crippen molar-refractivity contribution >= 4 is 11.6 Å². The molecule has 2 heteroatoms. The molecule has 0 saturated carbocycles. The molecular formula is C16H14O2. The maximum absolute atomic E-state index is 12.2. The predicted octanol–water partition coefficient (Wildman–Crippen LogP) is 3.43. The van der Waals surface area contributed by atoms with Gasteiger partial charge >= 0.3 is 0 Å². The zero-order valence-corrected chi connectivity index (χ0v) is 10.3. The molecule has 2 rings (SSSR count). The van der Waals surface area contributed by atoms with Crippen LogP contribution in [0.15, 0.2) is 54.7 Å². The minimum absolute atomic E-state index is 0.0404. The fourth-order valence-corrected chi connectivity index (χ4v) is 1.87. The van der Waals surface area contributed by atoms with E-state index in [2.05, 4.69) is 6.58 Å². The van der Waals surface area contributed by atoms with Gasteiger partial charge in [-0.05, 0) is 13.0 Å². The van der Waals surface area contributed by atoms with Crippen molar-refractivity contribution in [3.8, 4) is 0 Å². The van der Waals surface area contributed by atoms with Crippen LogP contribution < -0.4 is 0 Å². The maximum atomic E-state index is 12.2. The number of rotatable bonds is 0. The summed E-state index contributed by atoms with van der Waals surface area (Å²) in [6, 6.07) is 5.31. The van der Waals surface area contributed by atoms with E-state index < -0.39 is 0 Å². The second kappa shape index (κ2) is 4.96. The number of hydrogen-bond acceptors (Lipinski definition) is 2. The van der Waals surface area contributed by atoms with Crippen LogP contribution in [-0.4, -0.2) is 11.6 Å². The predicted molar refractivity (Wildman–Crippen MR) is 71.9 cm³/mol. The topological polar surface area (TPSA) is 34.1 Å². The fourth-order valence-electron chi connectivity index (χ4n) is 1.87. The summed E-state index contributed by atoms with van der Waals surface area (Å²) < 4.78 is 0. The Kier molecular flexibility index (Phi) is 3.38. The molecule has 0 amide bonds. The van der Waals surface area contributed by atoms with Gasteiger partial charge < -0.3 is 0 Å². The second-order valence-electron chi connectivity index (χ2n) is 4.32. The van der Waals surface area contributed by atoms with Gasteiger partial charge in [-0.1, -0.05) is 48.6 Å². The molecule has 0 saturated heterocycles. The van der Waals surface area contributed by atoms with Gasteiger partial charge in [-0.3, -0.25) is 9.59 Å². The Bertz CT molecular complexity index is 589.